The first kappa shape index (κ1) is 16.2. The molecule has 2 aromatic carbocycles. The second kappa shape index (κ2) is 6.84. The fraction of sp³-hybridized carbons (Fsp3) is 0.167. The maximum absolute atomic E-state index is 12.3. The summed E-state index contributed by atoms with van der Waals surface area (Å²) in [6.45, 7) is 3.73. The predicted molar refractivity (Wildman–Crippen MR) is 91.8 cm³/mol. The minimum Gasteiger partial charge on any atom is -0.341 e. The van der Waals surface area contributed by atoms with Gasteiger partial charge in [-0.05, 0) is 38.1 Å². The van der Waals surface area contributed by atoms with Crippen LogP contribution in [0.15, 0.2) is 53.1 Å². The van der Waals surface area contributed by atoms with Crippen LogP contribution in [0, 0.1) is 6.92 Å². The molecule has 0 bridgehead atoms. The van der Waals surface area contributed by atoms with Gasteiger partial charge in [0.25, 0.3) is 5.91 Å². The van der Waals surface area contributed by atoms with Crippen LogP contribution in [0.1, 0.15) is 34.8 Å². The van der Waals surface area contributed by atoms with Gasteiger partial charge < -0.3 is 9.84 Å². The molecule has 0 spiro atoms. The Balaban J connectivity index is 1.75. The van der Waals surface area contributed by atoms with Crippen molar-refractivity contribution in [2.24, 2.45) is 0 Å². The molecule has 0 radical (unpaired) electrons. The summed E-state index contributed by atoms with van der Waals surface area (Å²) in [5, 5.41) is 7.33. The molecule has 122 valence electrons. The van der Waals surface area contributed by atoms with E-state index in [0.29, 0.717) is 27.9 Å². The number of halogens is 1. The zero-order valence-corrected chi connectivity index (χ0v) is 14.0. The van der Waals surface area contributed by atoms with E-state index in [2.05, 4.69) is 15.5 Å². The molecule has 1 atom stereocenters. The summed E-state index contributed by atoms with van der Waals surface area (Å²) in [5.41, 5.74) is 2.30. The zero-order chi connectivity index (χ0) is 17.1. The molecular formula is C18H16ClN3O2. The molecule has 24 heavy (non-hydrogen) atoms. The van der Waals surface area contributed by atoms with Crippen LogP contribution in [0.4, 0.5) is 0 Å². The Morgan fingerprint density at radius 1 is 1.21 bits per heavy atom. The van der Waals surface area contributed by atoms with Crippen molar-refractivity contribution in [3.63, 3.8) is 0 Å². The quantitative estimate of drug-likeness (QED) is 0.772. The Kier molecular flexibility index (Phi) is 4.62. The molecular weight excluding hydrogens is 326 g/mol. The van der Waals surface area contributed by atoms with Crippen molar-refractivity contribution in [2.75, 3.05) is 0 Å². The van der Waals surface area contributed by atoms with Gasteiger partial charge in [-0.3, -0.25) is 4.79 Å². The average molecular weight is 342 g/mol. The standard InChI is InChI=1S/C18H16ClN3O2/c1-11-6-5-7-13(10-11)17(23)20-12(2)18-21-16(22-24-18)14-8-3-4-9-15(14)19/h3-10,12H,1-2H3,(H,20,23). The van der Waals surface area contributed by atoms with Gasteiger partial charge in [0.2, 0.25) is 11.7 Å². The van der Waals surface area contributed by atoms with Crippen molar-refractivity contribution in [3.8, 4) is 11.4 Å². The van der Waals surface area contributed by atoms with Crippen LogP contribution >= 0.6 is 11.6 Å². The van der Waals surface area contributed by atoms with Crippen molar-refractivity contribution < 1.29 is 9.32 Å². The molecule has 0 saturated heterocycles. The lowest BCUT2D eigenvalue weighted by Crippen LogP contribution is -2.26. The van der Waals surface area contributed by atoms with E-state index in [1.165, 1.54) is 0 Å². The van der Waals surface area contributed by atoms with Gasteiger partial charge in [0.1, 0.15) is 6.04 Å². The number of aromatic nitrogens is 2. The van der Waals surface area contributed by atoms with Crippen molar-refractivity contribution >= 4 is 17.5 Å². The van der Waals surface area contributed by atoms with Crippen LogP contribution in [-0.4, -0.2) is 16.0 Å². The number of carbonyl (C=O) groups is 1. The molecule has 0 fully saturated rings. The summed E-state index contributed by atoms with van der Waals surface area (Å²) in [5.74, 6) is 0.530. The number of aryl methyl sites for hydroxylation is 1. The Labute approximate surface area is 144 Å². The molecule has 5 nitrogen and oxygen atoms in total. The average Bonchev–Trinajstić information content (AvgIpc) is 3.05. The van der Waals surface area contributed by atoms with E-state index < -0.39 is 6.04 Å². The molecule has 3 aromatic rings. The van der Waals surface area contributed by atoms with Gasteiger partial charge in [0, 0.05) is 11.1 Å². The second-order valence-electron chi connectivity index (χ2n) is 5.50. The van der Waals surface area contributed by atoms with Gasteiger partial charge in [-0.15, -0.1) is 0 Å². The molecule has 1 amide bonds. The Bertz CT molecular complexity index is 876. The molecule has 1 unspecified atom stereocenters. The SMILES string of the molecule is Cc1cccc(C(=O)NC(C)c2nc(-c3ccccc3Cl)no2)c1. The number of nitrogens with one attached hydrogen (secondary N) is 1. The van der Waals surface area contributed by atoms with Crippen LogP contribution in [0.25, 0.3) is 11.4 Å². The molecule has 0 aliphatic heterocycles. The summed E-state index contributed by atoms with van der Waals surface area (Å²) in [7, 11) is 0. The van der Waals surface area contributed by atoms with E-state index >= 15 is 0 Å². The van der Waals surface area contributed by atoms with Crippen LogP contribution in [-0.2, 0) is 0 Å². The second-order valence-corrected chi connectivity index (χ2v) is 5.91. The van der Waals surface area contributed by atoms with Gasteiger partial charge >= 0.3 is 0 Å². The van der Waals surface area contributed by atoms with E-state index in [4.69, 9.17) is 16.1 Å². The first-order valence-corrected chi connectivity index (χ1v) is 7.88. The fourth-order valence-corrected chi connectivity index (χ4v) is 2.51. The third-order valence-electron chi connectivity index (χ3n) is 3.55. The summed E-state index contributed by atoms with van der Waals surface area (Å²) in [4.78, 5) is 16.6. The maximum Gasteiger partial charge on any atom is 0.251 e. The number of hydrogen-bond acceptors (Lipinski definition) is 4. The smallest absolute Gasteiger partial charge is 0.251 e. The number of amides is 1. The highest BCUT2D eigenvalue weighted by molar-refractivity contribution is 6.33. The fourth-order valence-electron chi connectivity index (χ4n) is 2.29. The van der Waals surface area contributed by atoms with Crippen molar-refractivity contribution in [1.29, 1.82) is 0 Å². The number of nitrogens with zero attached hydrogens (tertiary/aromatic N) is 2. The normalized spacial score (nSPS) is 12.0. The molecule has 1 N–H and O–H groups in total. The van der Waals surface area contributed by atoms with E-state index in [1.54, 1.807) is 19.1 Å². The highest BCUT2D eigenvalue weighted by Gasteiger charge is 2.19. The van der Waals surface area contributed by atoms with Gasteiger partial charge in [-0.25, -0.2) is 0 Å². The zero-order valence-electron chi connectivity index (χ0n) is 13.3. The maximum atomic E-state index is 12.3. The monoisotopic (exact) mass is 341 g/mol. The summed E-state index contributed by atoms with van der Waals surface area (Å²) < 4.78 is 5.26. The predicted octanol–water partition coefficient (Wildman–Crippen LogP) is 4.19. The molecule has 0 aliphatic carbocycles. The minimum absolute atomic E-state index is 0.191. The lowest BCUT2D eigenvalue weighted by Gasteiger charge is -2.10. The number of benzene rings is 2. The molecule has 0 aliphatic rings. The Morgan fingerprint density at radius 2 is 2.00 bits per heavy atom. The number of carbonyl (C=O) groups excluding carboxylic acids is 1. The largest absolute Gasteiger partial charge is 0.341 e. The molecule has 1 heterocycles. The van der Waals surface area contributed by atoms with Gasteiger partial charge in [-0.1, -0.05) is 46.6 Å². The third-order valence-corrected chi connectivity index (χ3v) is 3.88. The van der Waals surface area contributed by atoms with Crippen LogP contribution < -0.4 is 5.32 Å². The van der Waals surface area contributed by atoms with Gasteiger partial charge in [-0.2, -0.15) is 4.98 Å². The van der Waals surface area contributed by atoms with Crippen LogP contribution in [0.5, 0.6) is 0 Å². The van der Waals surface area contributed by atoms with Crippen LogP contribution in [0.2, 0.25) is 5.02 Å². The minimum atomic E-state index is -0.415. The molecule has 3 rings (SSSR count). The number of hydrogen-bond donors (Lipinski definition) is 1. The van der Waals surface area contributed by atoms with Crippen molar-refractivity contribution in [2.45, 2.75) is 19.9 Å². The molecule has 6 heteroatoms. The third kappa shape index (κ3) is 3.46. The molecule has 1 aromatic heterocycles. The van der Waals surface area contributed by atoms with E-state index in [1.807, 2.05) is 43.3 Å². The Morgan fingerprint density at radius 3 is 2.75 bits per heavy atom. The lowest BCUT2D eigenvalue weighted by molar-refractivity contribution is 0.0932. The summed E-state index contributed by atoms with van der Waals surface area (Å²) >= 11 is 6.14. The van der Waals surface area contributed by atoms with E-state index in [-0.39, 0.29) is 5.91 Å². The van der Waals surface area contributed by atoms with Gasteiger partial charge in [0.05, 0.1) is 5.02 Å². The van der Waals surface area contributed by atoms with Crippen molar-refractivity contribution in [3.05, 3.63) is 70.6 Å². The topological polar surface area (TPSA) is 68.0 Å². The van der Waals surface area contributed by atoms with Crippen LogP contribution in [0.3, 0.4) is 0 Å². The number of rotatable bonds is 4. The summed E-state index contributed by atoms with van der Waals surface area (Å²) in [6.07, 6.45) is 0. The van der Waals surface area contributed by atoms with Crippen molar-refractivity contribution in [1.82, 2.24) is 15.5 Å². The first-order chi connectivity index (χ1) is 11.5. The van der Waals surface area contributed by atoms with E-state index in [0.717, 1.165) is 5.56 Å². The summed E-state index contributed by atoms with van der Waals surface area (Å²) in [6, 6.07) is 14.2. The van der Waals surface area contributed by atoms with Gasteiger partial charge in [0.15, 0.2) is 0 Å². The first-order valence-electron chi connectivity index (χ1n) is 7.50. The highest BCUT2D eigenvalue weighted by Crippen LogP contribution is 2.26. The highest BCUT2D eigenvalue weighted by atomic mass is 35.5. The Hall–Kier alpha value is -2.66. The lowest BCUT2D eigenvalue weighted by atomic mass is 10.1. The molecule has 0 saturated carbocycles. The van der Waals surface area contributed by atoms with E-state index in [9.17, 15) is 4.79 Å².